The Bertz CT molecular complexity index is 640. The number of carbonyl (C=O) groups excluding carboxylic acids is 1. The Morgan fingerprint density at radius 1 is 0.586 bits per heavy atom. The van der Waals surface area contributed by atoms with Gasteiger partial charge in [-0.05, 0) is 62.5 Å². The molecule has 0 unspecified atom stereocenters. The van der Waals surface area contributed by atoms with E-state index in [1.165, 1.54) is 17.5 Å². The first-order valence-corrected chi connectivity index (χ1v) is 11.2. The van der Waals surface area contributed by atoms with Crippen LogP contribution in [-0.2, 0) is 27.1 Å². The first-order valence-electron chi connectivity index (χ1n) is 11.2. The maximum atomic E-state index is 11.7. The third-order valence-electron chi connectivity index (χ3n) is 4.98. The lowest BCUT2D eigenvalue weighted by Crippen LogP contribution is -2.06. The lowest BCUT2D eigenvalue weighted by atomic mass is 10.1. The van der Waals surface area contributed by atoms with Crippen molar-refractivity contribution in [2.24, 2.45) is 0 Å². The van der Waals surface area contributed by atoms with Crippen molar-refractivity contribution in [2.45, 2.75) is 64.2 Å². The zero-order valence-corrected chi connectivity index (χ0v) is 17.7. The SMILES string of the molecule is O=C(CCCCCOCCCCc1ccccc1)OCCCCc1ccccc1. The average molecular weight is 397 g/mol. The second-order valence-electron chi connectivity index (χ2n) is 7.53. The zero-order valence-electron chi connectivity index (χ0n) is 17.7. The summed E-state index contributed by atoms with van der Waals surface area (Å²) in [6, 6.07) is 21.0. The van der Waals surface area contributed by atoms with Gasteiger partial charge in [0.05, 0.1) is 6.61 Å². The van der Waals surface area contributed by atoms with Crippen LogP contribution in [0.4, 0.5) is 0 Å². The lowest BCUT2D eigenvalue weighted by Gasteiger charge is -2.06. The zero-order chi connectivity index (χ0) is 20.4. The molecule has 3 heteroatoms. The van der Waals surface area contributed by atoms with Crippen LogP contribution in [0.3, 0.4) is 0 Å². The van der Waals surface area contributed by atoms with E-state index in [0.29, 0.717) is 13.0 Å². The highest BCUT2D eigenvalue weighted by atomic mass is 16.5. The number of esters is 1. The molecule has 0 aliphatic heterocycles. The number of carbonyl (C=O) groups is 1. The van der Waals surface area contributed by atoms with Crippen molar-refractivity contribution in [1.29, 1.82) is 0 Å². The third-order valence-corrected chi connectivity index (χ3v) is 4.98. The molecule has 0 N–H and O–H groups in total. The van der Waals surface area contributed by atoms with Gasteiger partial charge in [0.15, 0.2) is 0 Å². The van der Waals surface area contributed by atoms with E-state index in [4.69, 9.17) is 9.47 Å². The molecule has 0 radical (unpaired) electrons. The van der Waals surface area contributed by atoms with E-state index < -0.39 is 0 Å². The summed E-state index contributed by atoms with van der Waals surface area (Å²) in [6.07, 6.45) is 9.88. The molecular weight excluding hydrogens is 360 g/mol. The molecule has 29 heavy (non-hydrogen) atoms. The molecule has 0 atom stereocenters. The Morgan fingerprint density at radius 3 is 1.69 bits per heavy atom. The van der Waals surface area contributed by atoms with Crippen LogP contribution in [0.15, 0.2) is 60.7 Å². The maximum Gasteiger partial charge on any atom is 0.305 e. The van der Waals surface area contributed by atoms with Crippen LogP contribution in [0.2, 0.25) is 0 Å². The van der Waals surface area contributed by atoms with Crippen LogP contribution >= 0.6 is 0 Å². The van der Waals surface area contributed by atoms with Crippen molar-refractivity contribution in [3.05, 3.63) is 71.8 Å². The Labute approximate surface area is 176 Å². The molecule has 0 aliphatic rings. The number of unbranched alkanes of at least 4 members (excludes halogenated alkanes) is 4. The third kappa shape index (κ3) is 12.1. The van der Waals surface area contributed by atoms with E-state index in [-0.39, 0.29) is 5.97 Å². The van der Waals surface area contributed by atoms with Crippen molar-refractivity contribution in [3.63, 3.8) is 0 Å². The molecule has 3 nitrogen and oxygen atoms in total. The quantitative estimate of drug-likeness (QED) is 0.252. The van der Waals surface area contributed by atoms with Gasteiger partial charge in [0.2, 0.25) is 0 Å². The predicted octanol–water partition coefficient (Wildman–Crippen LogP) is 6.15. The minimum absolute atomic E-state index is 0.0634. The Kier molecular flexibility index (Phi) is 12.6. The molecule has 0 saturated heterocycles. The van der Waals surface area contributed by atoms with Gasteiger partial charge in [-0.3, -0.25) is 4.79 Å². The Hall–Kier alpha value is -2.13. The van der Waals surface area contributed by atoms with Crippen molar-refractivity contribution < 1.29 is 14.3 Å². The standard InChI is InChI=1S/C26H36O3/c27-26(29-23-13-10-19-25-16-6-2-7-17-25)20-8-3-11-21-28-22-12-9-18-24-14-4-1-5-15-24/h1-2,4-7,14-17H,3,8-13,18-23H2. The van der Waals surface area contributed by atoms with Crippen molar-refractivity contribution >= 4 is 5.97 Å². The van der Waals surface area contributed by atoms with Gasteiger partial charge in [0, 0.05) is 19.6 Å². The van der Waals surface area contributed by atoms with Gasteiger partial charge in [-0.15, -0.1) is 0 Å². The molecule has 2 aromatic carbocycles. The summed E-state index contributed by atoms with van der Waals surface area (Å²) in [5.74, 6) is -0.0634. The first-order chi connectivity index (χ1) is 14.3. The summed E-state index contributed by atoms with van der Waals surface area (Å²) in [7, 11) is 0. The highest BCUT2D eigenvalue weighted by Crippen LogP contribution is 2.07. The molecular formula is C26H36O3. The fourth-order valence-corrected chi connectivity index (χ4v) is 3.26. The van der Waals surface area contributed by atoms with E-state index in [9.17, 15) is 4.79 Å². The summed E-state index contributed by atoms with van der Waals surface area (Å²) in [6.45, 7) is 2.16. The summed E-state index contributed by atoms with van der Waals surface area (Å²) in [5, 5.41) is 0. The number of aryl methyl sites for hydroxylation is 2. The Balaban J connectivity index is 1.31. The second-order valence-corrected chi connectivity index (χ2v) is 7.53. The second kappa shape index (κ2) is 15.8. The summed E-state index contributed by atoms with van der Waals surface area (Å²) in [5.41, 5.74) is 2.74. The molecule has 0 aromatic heterocycles. The minimum atomic E-state index is -0.0634. The highest BCUT2D eigenvalue weighted by Gasteiger charge is 2.02. The molecule has 2 rings (SSSR count). The molecule has 0 aliphatic carbocycles. The Morgan fingerprint density at radius 2 is 1.10 bits per heavy atom. The molecule has 158 valence electrons. The van der Waals surface area contributed by atoms with Crippen LogP contribution in [0, 0.1) is 0 Å². The maximum absolute atomic E-state index is 11.7. The molecule has 0 fully saturated rings. The van der Waals surface area contributed by atoms with E-state index in [0.717, 1.165) is 64.6 Å². The highest BCUT2D eigenvalue weighted by molar-refractivity contribution is 5.69. The number of hydrogen-bond acceptors (Lipinski definition) is 3. The van der Waals surface area contributed by atoms with E-state index in [2.05, 4.69) is 54.6 Å². The molecule has 0 bridgehead atoms. The number of benzene rings is 2. The largest absolute Gasteiger partial charge is 0.466 e. The number of hydrogen-bond donors (Lipinski definition) is 0. The lowest BCUT2D eigenvalue weighted by molar-refractivity contribution is -0.143. The average Bonchev–Trinajstić information content (AvgIpc) is 2.76. The molecule has 0 spiro atoms. The number of ether oxygens (including phenoxy) is 2. The van der Waals surface area contributed by atoms with E-state index >= 15 is 0 Å². The summed E-state index contributed by atoms with van der Waals surface area (Å²) in [4.78, 5) is 11.7. The van der Waals surface area contributed by atoms with Crippen molar-refractivity contribution in [3.8, 4) is 0 Å². The fourth-order valence-electron chi connectivity index (χ4n) is 3.26. The van der Waals surface area contributed by atoms with Crippen LogP contribution in [0.1, 0.15) is 62.5 Å². The predicted molar refractivity (Wildman–Crippen MR) is 119 cm³/mol. The topological polar surface area (TPSA) is 35.5 Å². The van der Waals surface area contributed by atoms with Crippen molar-refractivity contribution in [2.75, 3.05) is 19.8 Å². The van der Waals surface area contributed by atoms with Gasteiger partial charge in [0.25, 0.3) is 0 Å². The summed E-state index contributed by atoms with van der Waals surface area (Å²) >= 11 is 0. The van der Waals surface area contributed by atoms with Crippen molar-refractivity contribution in [1.82, 2.24) is 0 Å². The molecule has 0 heterocycles. The van der Waals surface area contributed by atoms with Crippen LogP contribution in [0.25, 0.3) is 0 Å². The van der Waals surface area contributed by atoms with Crippen LogP contribution in [0.5, 0.6) is 0 Å². The minimum Gasteiger partial charge on any atom is -0.466 e. The number of rotatable bonds is 16. The van der Waals surface area contributed by atoms with Gasteiger partial charge in [0.1, 0.15) is 0 Å². The van der Waals surface area contributed by atoms with Gasteiger partial charge in [-0.2, -0.15) is 0 Å². The smallest absolute Gasteiger partial charge is 0.305 e. The first kappa shape index (κ1) is 23.2. The van der Waals surface area contributed by atoms with Crippen LogP contribution < -0.4 is 0 Å². The van der Waals surface area contributed by atoms with Gasteiger partial charge >= 0.3 is 5.97 Å². The fraction of sp³-hybridized carbons (Fsp3) is 0.500. The van der Waals surface area contributed by atoms with Gasteiger partial charge in [-0.1, -0.05) is 67.1 Å². The molecule has 0 saturated carbocycles. The van der Waals surface area contributed by atoms with E-state index in [1.54, 1.807) is 0 Å². The van der Waals surface area contributed by atoms with Gasteiger partial charge < -0.3 is 9.47 Å². The van der Waals surface area contributed by atoms with Crippen LogP contribution in [-0.4, -0.2) is 25.8 Å². The van der Waals surface area contributed by atoms with Gasteiger partial charge in [-0.25, -0.2) is 0 Å². The monoisotopic (exact) mass is 396 g/mol. The molecule has 2 aromatic rings. The molecule has 0 amide bonds. The normalized spacial score (nSPS) is 10.8. The summed E-state index contributed by atoms with van der Waals surface area (Å²) < 4.78 is 11.0. The van der Waals surface area contributed by atoms with E-state index in [1.807, 2.05) is 6.07 Å².